The van der Waals surface area contributed by atoms with E-state index >= 15 is 0 Å². The summed E-state index contributed by atoms with van der Waals surface area (Å²) < 4.78 is 10.0. The van der Waals surface area contributed by atoms with Crippen LogP contribution in [0.2, 0.25) is 0 Å². The average molecular weight is 247 g/mol. The smallest absolute Gasteiger partial charge is 0.314 e. The highest BCUT2D eigenvalue weighted by molar-refractivity contribution is 6.01. The van der Waals surface area contributed by atoms with Gasteiger partial charge in [-0.05, 0) is 24.6 Å². The summed E-state index contributed by atoms with van der Waals surface area (Å²) in [7, 11) is 1.64. The predicted octanol–water partition coefficient (Wildman–Crippen LogP) is 2.22. The Hall–Kier alpha value is -1.84. The molecule has 1 fully saturated rings. The Morgan fingerprint density at radius 1 is 1.44 bits per heavy atom. The molecule has 0 radical (unpaired) electrons. The fourth-order valence-corrected chi connectivity index (χ4v) is 1.93. The summed E-state index contributed by atoms with van der Waals surface area (Å²) in [5, 5.41) is 0. The first-order valence-electron chi connectivity index (χ1n) is 6.01. The molecule has 18 heavy (non-hydrogen) atoms. The molecule has 0 N–H and O–H groups in total. The summed E-state index contributed by atoms with van der Waals surface area (Å²) in [5.74, 6) is 0.535. The largest absolute Gasteiger partial charge is 0.497 e. The molecule has 0 spiro atoms. The average Bonchev–Trinajstić information content (AvgIpc) is 2.83. The summed E-state index contributed by atoms with van der Waals surface area (Å²) in [6, 6.07) is 7.76. The van der Waals surface area contributed by atoms with Crippen molar-refractivity contribution in [2.24, 2.45) is 10.9 Å². The first-order chi connectivity index (χ1) is 8.70. The number of benzene rings is 1. The van der Waals surface area contributed by atoms with Crippen LogP contribution < -0.4 is 4.74 Å². The summed E-state index contributed by atoms with van der Waals surface area (Å²) in [6.45, 7) is 2.99. The number of aliphatic imine (C=N–C) groups is 1. The van der Waals surface area contributed by atoms with Crippen LogP contribution in [0, 0.1) is 5.92 Å². The number of cyclic esters (lactones) is 1. The Morgan fingerprint density at radius 3 is 2.72 bits per heavy atom. The molecule has 1 aromatic carbocycles. The van der Waals surface area contributed by atoms with Crippen LogP contribution in [-0.2, 0) is 16.1 Å². The maximum absolute atomic E-state index is 11.4. The quantitative estimate of drug-likeness (QED) is 0.605. The van der Waals surface area contributed by atoms with Crippen molar-refractivity contribution in [3.05, 3.63) is 29.8 Å². The summed E-state index contributed by atoms with van der Waals surface area (Å²) in [4.78, 5) is 15.8. The van der Waals surface area contributed by atoms with E-state index < -0.39 is 0 Å². The van der Waals surface area contributed by atoms with Gasteiger partial charge in [-0.15, -0.1) is 0 Å². The van der Waals surface area contributed by atoms with Crippen LogP contribution in [0.1, 0.15) is 18.9 Å². The third-order valence-electron chi connectivity index (χ3n) is 3.11. The molecule has 1 aromatic rings. The van der Waals surface area contributed by atoms with Crippen LogP contribution in [0.3, 0.4) is 0 Å². The molecule has 1 aliphatic rings. The van der Waals surface area contributed by atoms with E-state index in [0.29, 0.717) is 13.2 Å². The number of hydrogen-bond donors (Lipinski definition) is 0. The molecule has 4 nitrogen and oxygen atoms in total. The van der Waals surface area contributed by atoms with E-state index in [4.69, 9.17) is 9.47 Å². The SMILES string of the molecule is COc1ccc(CN=C(C)[C@@H]2CCOC2=O)cc1. The van der Waals surface area contributed by atoms with Gasteiger partial charge in [-0.3, -0.25) is 9.79 Å². The molecule has 0 bridgehead atoms. The molecule has 2 rings (SSSR count). The van der Waals surface area contributed by atoms with Gasteiger partial charge in [-0.25, -0.2) is 0 Å². The third-order valence-corrected chi connectivity index (χ3v) is 3.11. The van der Waals surface area contributed by atoms with Crippen LogP contribution in [0.25, 0.3) is 0 Å². The van der Waals surface area contributed by atoms with Gasteiger partial charge >= 0.3 is 5.97 Å². The maximum Gasteiger partial charge on any atom is 0.314 e. The number of esters is 1. The topological polar surface area (TPSA) is 47.9 Å². The van der Waals surface area contributed by atoms with Gasteiger partial charge < -0.3 is 9.47 Å². The number of carbonyl (C=O) groups is 1. The Kier molecular flexibility index (Phi) is 3.97. The normalized spacial score (nSPS) is 19.8. The minimum absolute atomic E-state index is 0.147. The van der Waals surface area contributed by atoms with Gasteiger partial charge in [0.2, 0.25) is 0 Å². The Bertz CT molecular complexity index is 451. The van der Waals surface area contributed by atoms with Crippen molar-refractivity contribution in [2.45, 2.75) is 19.9 Å². The zero-order valence-corrected chi connectivity index (χ0v) is 10.7. The van der Waals surface area contributed by atoms with Crippen LogP contribution in [0.5, 0.6) is 5.75 Å². The zero-order chi connectivity index (χ0) is 13.0. The maximum atomic E-state index is 11.4. The molecule has 1 aliphatic heterocycles. The van der Waals surface area contributed by atoms with E-state index in [1.165, 1.54) is 0 Å². The second kappa shape index (κ2) is 5.67. The van der Waals surface area contributed by atoms with Gasteiger partial charge in [0.05, 0.1) is 26.2 Å². The molecule has 1 heterocycles. The van der Waals surface area contributed by atoms with Gasteiger partial charge in [0.1, 0.15) is 5.75 Å². The highest BCUT2D eigenvalue weighted by atomic mass is 16.5. The van der Waals surface area contributed by atoms with Crippen molar-refractivity contribution in [1.82, 2.24) is 0 Å². The van der Waals surface area contributed by atoms with E-state index in [0.717, 1.165) is 23.4 Å². The Balaban J connectivity index is 1.98. The lowest BCUT2D eigenvalue weighted by atomic mass is 10.0. The van der Waals surface area contributed by atoms with E-state index in [2.05, 4.69) is 4.99 Å². The third kappa shape index (κ3) is 2.88. The summed E-state index contributed by atoms with van der Waals surface area (Å²) in [5.41, 5.74) is 1.95. The lowest BCUT2D eigenvalue weighted by molar-refractivity contribution is -0.139. The summed E-state index contributed by atoms with van der Waals surface area (Å²) >= 11 is 0. The predicted molar refractivity (Wildman–Crippen MR) is 68.9 cm³/mol. The van der Waals surface area contributed by atoms with Crippen LogP contribution in [0.4, 0.5) is 0 Å². The molecule has 0 unspecified atom stereocenters. The van der Waals surface area contributed by atoms with Crippen LogP contribution in [0.15, 0.2) is 29.3 Å². The Labute approximate surface area is 107 Å². The molecule has 0 saturated carbocycles. The van der Waals surface area contributed by atoms with E-state index in [9.17, 15) is 4.79 Å². The van der Waals surface area contributed by atoms with Crippen molar-refractivity contribution in [1.29, 1.82) is 0 Å². The van der Waals surface area contributed by atoms with Gasteiger partial charge in [0.15, 0.2) is 0 Å². The van der Waals surface area contributed by atoms with Crippen molar-refractivity contribution < 1.29 is 14.3 Å². The molecular weight excluding hydrogens is 230 g/mol. The highest BCUT2D eigenvalue weighted by Gasteiger charge is 2.28. The van der Waals surface area contributed by atoms with Crippen LogP contribution >= 0.6 is 0 Å². The number of nitrogens with zero attached hydrogens (tertiary/aromatic N) is 1. The van der Waals surface area contributed by atoms with Gasteiger partial charge in [-0.2, -0.15) is 0 Å². The van der Waals surface area contributed by atoms with Crippen molar-refractivity contribution >= 4 is 11.7 Å². The highest BCUT2D eigenvalue weighted by Crippen LogP contribution is 2.17. The standard InChI is InChI=1S/C14H17NO3/c1-10(13-7-8-18-14(13)16)15-9-11-3-5-12(17-2)6-4-11/h3-6,13H,7-9H2,1-2H3/t13-/m0/s1. The van der Waals surface area contributed by atoms with Gasteiger partial charge in [-0.1, -0.05) is 12.1 Å². The fraction of sp³-hybridized carbons (Fsp3) is 0.429. The molecular formula is C14H17NO3. The lowest BCUT2D eigenvalue weighted by Gasteiger charge is -2.05. The molecule has 0 aliphatic carbocycles. The van der Waals surface area contributed by atoms with E-state index in [1.54, 1.807) is 7.11 Å². The number of methoxy groups -OCH3 is 1. The molecule has 4 heteroatoms. The zero-order valence-electron chi connectivity index (χ0n) is 10.7. The summed E-state index contributed by atoms with van der Waals surface area (Å²) in [6.07, 6.45) is 0.747. The lowest BCUT2D eigenvalue weighted by Crippen LogP contribution is -2.16. The molecule has 96 valence electrons. The second-order valence-electron chi connectivity index (χ2n) is 4.31. The minimum Gasteiger partial charge on any atom is -0.497 e. The number of rotatable bonds is 4. The molecule has 1 saturated heterocycles. The Morgan fingerprint density at radius 2 is 2.17 bits per heavy atom. The van der Waals surface area contributed by atoms with Crippen molar-refractivity contribution in [2.75, 3.05) is 13.7 Å². The molecule has 0 aromatic heterocycles. The first-order valence-corrected chi connectivity index (χ1v) is 6.01. The number of hydrogen-bond acceptors (Lipinski definition) is 4. The van der Waals surface area contributed by atoms with Gasteiger partial charge in [0.25, 0.3) is 0 Å². The molecule has 0 amide bonds. The van der Waals surface area contributed by atoms with Gasteiger partial charge in [0, 0.05) is 12.1 Å². The van der Waals surface area contributed by atoms with E-state index in [-0.39, 0.29) is 11.9 Å². The van der Waals surface area contributed by atoms with E-state index in [1.807, 2.05) is 31.2 Å². The van der Waals surface area contributed by atoms with Crippen molar-refractivity contribution in [3.63, 3.8) is 0 Å². The van der Waals surface area contributed by atoms with Crippen LogP contribution in [-0.4, -0.2) is 25.4 Å². The number of carbonyl (C=O) groups excluding carboxylic acids is 1. The first kappa shape index (κ1) is 12.6. The van der Waals surface area contributed by atoms with Crippen molar-refractivity contribution in [3.8, 4) is 5.75 Å². The monoisotopic (exact) mass is 247 g/mol. The minimum atomic E-state index is -0.150. The number of ether oxygens (including phenoxy) is 2. The fourth-order valence-electron chi connectivity index (χ4n) is 1.93. The molecule has 1 atom stereocenters. The second-order valence-corrected chi connectivity index (χ2v) is 4.31.